The molecule has 1 aliphatic rings. The van der Waals surface area contributed by atoms with E-state index in [0.29, 0.717) is 16.9 Å². The minimum Gasteiger partial charge on any atom is -0.369 e. The molecule has 1 fully saturated rings. The Labute approximate surface area is 118 Å². The van der Waals surface area contributed by atoms with E-state index in [-0.39, 0.29) is 0 Å². The zero-order valence-corrected chi connectivity index (χ0v) is 12.0. The fraction of sp³-hybridized carbons (Fsp3) is 0.533. The van der Waals surface area contributed by atoms with Crippen molar-refractivity contribution in [3.05, 3.63) is 23.2 Å². The van der Waals surface area contributed by atoms with Crippen LogP contribution in [0.3, 0.4) is 0 Å². The largest absolute Gasteiger partial charge is 0.369 e. The van der Waals surface area contributed by atoms with Gasteiger partial charge in [0.25, 0.3) is 0 Å². The molecule has 0 saturated heterocycles. The van der Waals surface area contributed by atoms with Crippen LogP contribution in [-0.2, 0) is 6.54 Å². The number of hydrogen-bond acceptors (Lipinski definition) is 2. The van der Waals surface area contributed by atoms with Gasteiger partial charge < -0.3 is 10.3 Å². The molecule has 3 rings (SSSR count). The Morgan fingerprint density at radius 1 is 1.37 bits per heavy atom. The number of imidazole rings is 1. The molecule has 1 saturated carbocycles. The predicted octanol–water partition coefficient (Wildman–Crippen LogP) is 4.10. The summed E-state index contributed by atoms with van der Waals surface area (Å²) in [5.74, 6) is 2.05. The molecule has 1 aromatic carbocycles. The van der Waals surface area contributed by atoms with Crippen LogP contribution >= 0.6 is 11.6 Å². The summed E-state index contributed by atoms with van der Waals surface area (Å²) in [5, 5.41) is 0.680. The number of nitrogen functional groups attached to an aromatic ring is 1. The summed E-state index contributed by atoms with van der Waals surface area (Å²) in [6.07, 6.45) is 5.32. The van der Waals surface area contributed by atoms with Gasteiger partial charge in [-0.05, 0) is 30.4 Å². The number of aromatic nitrogens is 2. The lowest BCUT2D eigenvalue weighted by atomic mass is 9.80. The summed E-state index contributed by atoms with van der Waals surface area (Å²) in [4.78, 5) is 4.41. The summed E-state index contributed by atoms with van der Waals surface area (Å²) >= 11 is 6.18. The first-order valence-corrected chi connectivity index (χ1v) is 7.45. The number of rotatable bonds is 2. The maximum Gasteiger partial charge on any atom is 0.201 e. The van der Waals surface area contributed by atoms with E-state index < -0.39 is 0 Å². The standard InChI is InChI=1S/C15H20ClN3/c1-10-5-2-3-6-11(10)9-19-13-8-4-7-12(16)14(13)18-15(19)17/h4,7-8,10-11H,2-3,5-6,9H2,1H3,(H2,17,18). The second-order valence-electron chi connectivity index (χ2n) is 5.71. The van der Waals surface area contributed by atoms with E-state index in [1.54, 1.807) is 0 Å². The van der Waals surface area contributed by atoms with Gasteiger partial charge in [0.2, 0.25) is 5.95 Å². The predicted molar refractivity (Wildman–Crippen MR) is 80.3 cm³/mol. The molecular formula is C15H20ClN3. The van der Waals surface area contributed by atoms with Gasteiger partial charge in [0.15, 0.2) is 0 Å². The SMILES string of the molecule is CC1CCCCC1Cn1c(N)nc2c(Cl)cccc21. The maximum absolute atomic E-state index is 6.18. The Hall–Kier alpha value is -1.22. The molecule has 19 heavy (non-hydrogen) atoms. The zero-order valence-electron chi connectivity index (χ0n) is 11.3. The molecule has 1 heterocycles. The summed E-state index contributed by atoms with van der Waals surface area (Å²) in [6, 6.07) is 5.88. The topological polar surface area (TPSA) is 43.8 Å². The van der Waals surface area contributed by atoms with E-state index in [4.69, 9.17) is 17.3 Å². The highest BCUT2D eigenvalue weighted by molar-refractivity contribution is 6.35. The van der Waals surface area contributed by atoms with Crippen LogP contribution in [0, 0.1) is 11.8 Å². The van der Waals surface area contributed by atoms with Crippen LogP contribution in [0.15, 0.2) is 18.2 Å². The van der Waals surface area contributed by atoms with Crippen molar-refractivity contribution in [2.24, 2.45) is 11.8 Å². The number of fused-ring (bicyclic) bond motifs is 1. The van der Waals surface area contributed by atoms with Crippen LogP contribution < -0.4 is 5.73 Å². The second-order valence-corrected chi connectivity index (χ2v) is 6.12. The Bertz CT molecular complexity index is 590. The normalized spacial score (nSPS) is 23.9. The smallest absolute Gasteiger partial charge is 0.201 e. The minimum atomic E-state index is 0.584. The number of nitrogens with zero attached hydrogens (tertiary/aromatic N) is 2. The molecule has 2 unspecified atom stereocenters. The maximum atomic E-state index is 6.18. The molecular weight excluding hydrogens is 258 g/mol. The van der Waals surface area contributed by atoms with E-state index in [9.17, 15) is 0 Å². The molecule has 2 aromatic rings. The average Bonchev–Trinajstić information content (AvgIpc) is 2.71. The Morgan fingerprint density at radius 3 is 2.95 bits per heavy atom. The lowest BCUT2D eigenvalue weighted by Gasteiger charge is -2.29. The average molecular weight is 278 g/mol. The van der Waals surface area contributed by atoms with E-state index in [2.05, 4.69) is 22.5 Å². The Morgan fingerprint density at radius 2 is 2.16 bits per heavy atom. The van der Waals surface area contributed by atoms with Gasteiger partial charge in [-0.1, -0.05) is 43.9 Å². The molecule has 0 radical (unpaired) electrons. The number of nitrogens with two attached hydrogens (primary N) is 1. The number of hydrogen-bond donors (Lipinski definition) is 1. The van der Waals surface area contributed by atoms with Crippen LogP contribution in [0.5, 0.6) is 0 Å². The van der Waals surface area contributed by atoms with Crippen LogP contribution in [0.2, 0.25) is 5.02 Å². The molecule has 0 aliphatic heterocycles. The lowest BCUT2D eigenvalue weighted by molar-refractivity contribution is 0.231. The molecule has 1 aliphatic carbocycles. The van der Waals surface area contributed by atoms with Crippen molar-refractivity contribution in [2.75, 3.05) is 5.73 Å². The van der Waals surface area contributed by atoms with Gasteiger partial charge >= 0.3 is 0 Å². The monoisotopic (exact) mass is 277 g/mol. The molecule has 4 heteroatoms. The molecule has 0 spiro atoms. The summed E-state index contributed by atoms with van der Waals surface area (Å²) < 4.78 is 2.13. The van der Waals surface area contributed by atoms with Gasteiger partial charge in [-0.2, -0.15) is 0 Å². The summed E-state index contributed by atoms with van der Waals surface area (Å²) in [6.45, 7) is 3.32. The van der Waals surface area contributed by atoms with Crippen molar-refractivity contribution in [3.8, 4) is 0 Å². The first kappa shape index (κ1) is 12.8. The van der Waals surface area contributed by atoms with Crippen molar-refractivity contribution in [1.82, 2.24) is 9.55 Å². The van der Waals surface area contributed by atoms with Gasteiger partial charge in [-0.25, -0.2) is 4.98 Å². The van der Waals surface area contributed by atoms with Crippen molar-refractivity contribution < 1.29 is 0 Å². The van der Waals surface area contributed by atoms with Crippen molar-refractivity contribution in [1.29, 1.82) is 0 Å². The first-order valence-electron chi connectivity index (χ1n) is 7.07. The number of anilines is 1. The number of para-hydroxylation sites is 1. The molecule has 3 nitrogen and oxygen atoms in total. The van der Waals surface area contributed by atoms with Crippen LogP contribution in [-0.4, -0.2) is 9.55 Å². The highest BCUT2D eigenvalue weighted by atomic mass is 35.5. The van der Waals surface area contributed by atoms with Crippen LogP contribution in [0.4, 0.5) is 5.95 Å². The molecule has 2 atom stereocenters. The van der Waals surface area contributed by atoms with Gasteiger partial charge in [0.1, 0.15) is 5.52 Å². The summed E-state index contributed by atoms with van der Waals surface area (Å²) in [7, 11) is 0. The first-order chi connectivity index (χ1) is 9.16. The van der Waals surface area contributed by atoms with Gasteiger partial charge in [-0.15, -0.1) is 0 Å². The van der Waals surface area contributed by atoms with Crippen molar-refractivity contribution >= 4 is 28.6 Å². The van der Waals surface area contributed by atoms with E-state index in [1.807, 2.05) is 12.1 Å². The highest BCUT2D eigenvalue weighted by Gasteiger charge is 2.23. The van der Waals surface area contributed by atoms with Gasteiger partial charge in [-0.3, -0.25) is 0 Å². The molecule has 1 aromatic heterocycles. The third-order valence-corrected chi connectivity index (χ3v) is 4.77. The highest BCUT2D eigenvalue weighted by Crippen LogP contribution is 2.33. The van der Waals surface area contributed by atoms with E-state index >= 15 is 0 Å². The van der Waals surface area contributed by atoms with Crippen molar-refractivity contribution in [2.45, 2.75) is 39.2 Å². The zero-order chi connectivity index (χ0) is 13.4. The quantitative estimate of drug-likeness (QED) is 0.898. The fourth-order valence-electron chi connectivity index (χ4n) is 3.22. The molecule has 102 valence electrons. The Balaban J connectivity index is 1.96. The second kappa shape index (κ2) is 5.04. The number of benzene rings is 1. The minimum absolute atomic E-state index is 0.584. The van der Waals surface area contributed by atoms with Crippen LogP contribution in [0.1, 0.15) is 32.6 Å². The third-order valence-electron chi connectivity index (χ3n) is 4.47. The lowest BCUT2D eigenvalue weighted by Crippen LogP contribution is -2.22. The van der Waals surface area contributed by atoms with Crippen molar-refractivity contribution in [3.63, 3.8) is 0 Å². The molecule has 0 bridgehead atoms. The van der Waals surface area contributed by atoms with E-state index in [1.165, 1.54) is 25.7 Å². The fourth-order valence-corrected chi connectivity index (χ4v) is 3.43. The van der Waals surface area contributed by atoms with E-state index in [0.717, 1.165) is 23.5 Å². The summed E-state index contributed by atoms with van der Waals surface area (Å²) in [5.41, 5.74) is 7.96. The van der Waals surface area contributed by atoms with Crippen LogP contribution in [0.25, 0.3) is 11.0 Å². The number of halogens is 1. The third kappa shape index (κ3) is 2.32. The molecule has 0 amide bonds. The van der Waals surface area contributed by atoms with Gasteiger partial charge in [0, 0.05) is 6.54 Å². The molecule has 2 N–H and O–H groups in total. The van der Waals surface area contributed by atoms with Gasteiger partial charge in [0.05, 0.1) is 10.5 Å². The Kier molecular flexibility index (Phi) is 3.40.